The molecule has 3 aromatic carbocycles. The molecule has 0 amide bonds. The molecule has 0 bridgehead atoms. The maximum Gasteiger partial charge on any atom is 0.336 e. The van der Waals surface area contributed by atoms with Gasteiger partial charge in [-0.15, -0.1) is 0 Å². The van der Waals surface area contributed by atoms with E-state index in [2.05, 4.69) is 4.98 Å². The highest BCUT2D eigenvalue weighted by molar-refractivity contribution is 5.78. The minimum Gasteiger partial charge on any atom is -0.473 e. The van der Waals surface area contributed by atoms with Gasteiger partial charge in [-0.25, -0.2) is 23.5 Å². The number of carbonyl (C=O) groups excluding carboxylic acids is 1. The second kappa shape index (κ2) is 14.9. The van der Waals surface area contributed by atoms with E-state index >= 15 is 4.39 Å². The van der Waals surface area contributed by atoms with Crippen LogP contribution in [0.3, 0.4) is 0 Å². The molecular formula is C37H36F2N4O6. The monoisotopic (exact) mass is 670 g/mol. The van der Waals surface area contributed by atoms with Gasteiger partial charge in [0.1, 0.15) is 24.1 Å². The summed E-state index contributed by atoms with van der Waals surface area (Å²) in [4.78, 5) is 21.7. The lowest BCUT2D eigenvalue weighted by molar-refractivity contribution is -0.169. The van der Waals surface area contributed by atoms with Gasteiger partial charge in [0.2, 0.25) is 5.88 Å². The van der Waals surface area contributed by atoms with Crippen LogP contribution in [0, 0.1) is 23.0 Å². The Bertz CT molecular complexity index is 2020. The third-order valence-electron chi connectivity index (χ3n) is 7.68. The van der Waals surface area contributed by atoms with Crippen LogP contribution in [-0.2, 0) is 38.6 Å². The van der Waals surface area contributed by atoms with Crippen LogP contribution < -0.4 is 4.74 Å². The van der Waals surface area contributed by atoms with Gasteiger partial charge in [0.15, 0.2) is 12.4 Å². The van der Waals surface area contributed by atoms with Crippen LogP contribution in [0.2, 0.25) is 0 Å². The molecule has 0 spiro atoms. The Morgan fingerprint density at radius 2 is 1.73 bits per heavy atom. The van der Waals surface area contributed by atoms with E-state index in [-0.39, 0.29) is 36.6 Å². The van der Waals surface area contributed by atoms with Crippen LogP contribution in [0.1, 0.15) is 55.1 Å². The number of hydrogen-bond acceptors (Lipinski definition) is 9. The first-order valence-electron chi connectivity index (χ1n) is 15.4. The standard InChI is InChI=1S/C37H36F2N4O6/c1-37(2,3)49-35(44)25-13-14-30-31(17-25)43(20-32(46-4)36(45)47-5)33(41-30)18-23-11-12-24(16-28(23)39)29-7-6-8-34(42-29)48-21-26-10-9-22(19-40)15-27(26)38/h6-17,32,35,44H,18,20-21H2,1-5H3. The zero-order valence-electron chi connectivity index (χ0n) is 27.7. The molecule has 0 aliphatic rings. The summed E-state index contributed by atoms with van der Waals surface area (Å²) in [6.07, 6.45) is -2.11. The molecule has 0 aliphatic carbocycles. The van der Waals surface area contributed by atoms with E-state index in [0.717, 1.165) is 6.07 Å². The predicted molar refractivity (Wildman–Crippen MR) is 176 cm³/mol. The van der Waals surface area contributed by atoms with Crippen LogP contribution in [0.4, 0.5) is 8.78 Å². The Morgan fingerprint density at radius 1 is 0.980 bits per heavy atom. The first-order valence-corrected chi connectivity index (χ1v) is 15.4. The number of fused-ring (bicyclic) bond motifs is 1. The fourth-order valence-corrected chi connectivity index (χ4v) is 5.19. The van der Waals surface area contributed by atoms with E-state index in [1.54, 1.807) is 53.1 Å². The van der Waals surface area contributed by atoms with E-state index in [1.165, 1.54) is 32.4 Å². The van der Waals surface area contributed by atoms with Crippen LogP contribution in [-0.4, -0.2) is 51.5 Å². The van der Waals surface area contributed by atoms with Crippen molar-refractivity contribution in [2.45, 2.75) is 58.3 Å². The van der Waals surface area contributed by atoms with Gasteiger partial charge in [0.05, 0.1) is 47.6 Å². The number of ether oxygens (including phenoxy) is 4. The van der Waals surface area contributed by atoms with Crippen LogP contribution in [0.25, 0.3) is 22.3 Å². The quantitative estimate of drug-likeness (QED) is 0.118. The highest BCUT2D eigenvalue weighted by Gasteiger charge is 2.25. The van der Waals surface area contributed by atoms with Crippen LogP contribution in [0.15, 0.2) is 72.8 Å². The average molecular weight is 671 g/mol. The zero-order chi connectivity index (χ0) is 35.3. The first kappa shape index (κ1) is 35.1. The van der Waals surface area contributed by atoms with Crippen LogP contribution in [0.5, 0.6) is 5.88 Å². The number of carbonyl (C=O) groups is 1. The van der Waals surface area contributed by atoms with Crippen molar-refractivity contribution in [3.05, 3.63) is 113 Å². The number of aliphatic hydroxyl groups is 1. The van der Waals surface area contributed by atoms with Gasteiger partial charge < -0.3 is 28.6 Å². The zero-order valence-corrected chi connectivity index (χ0v) is 27.7. The maximum absolute atomic E-state index is 15.7. The second-order valence-electron chi connectivity index (χ2n) is 12.3. The number of esters is 1. The van der Waals surface area contributed by atoms with E-state index in [0.29, 0.717) is 39.2 Å². The summed E-state index contributed by atoms with van der Waals surface area (Å²) in [5.74, 6) is -0.972. The molecule has 5 aromatic rings. The molecule has 254 valence electrons. The number of methoxy groups -OCH3 is 2. The van der Waals surface area contributed by atoms with Crippen molar-refractivity contribution in [1.29, 1.82) is 5.26 Å². The predicted octanol–water partition coefficient (Wildman–Crippen LogP) is 6.41. The molecular weight excluding hydrogens is 634 g/mol. The lowest BCUT2D eigenvalue weighted by Crippen LogP contribution is -2.30. The van der Waals surface area contributed by atoms with E-state index < -0.39 is 35.6 Å². The Hall–Kier alpha value is -5.22. The smallest absolute Gasteiger partial charge is 0.336 e. The van der Waals surface area contributed by atoms with Gasteiger partial charge in [0.25, 0.3) is 0 Å². The second-order valence-corrected chi connectivity index (χ2v) is 12.3. The molecule has 2 atom stereocenters. The molecule has 49 heavy (non-hydrogen) atoms. The van der Waals surface area contributed by atoms with Crippen molar-refractivity contribution in [1.82, 2.24) is 14.5 Å². The summed E-state index contributed by atoms with van der Waals surface area (Å²) in [6.45, 7) is 5.42. The molecule has 1 N–H and O–H groups in total. The lowest BCUT2D eigenvalue weighted by Gasteiger charge is -2.24. The van der Waals surface area contributed by atoms with Crippen LogP contribution >= 0.6 is 0 Å². The SMILES string of the molecule is COC(=O)C(Cn1c(Cc2ccc(-c3cccc(OCc4ccc(C#N)cc4F)n3)cc2F)nc2ccc(C(O)OC(C)(C)C)cc21)OC. The number of aromatic nitrogens is 3. The lowest BCUT2D eigenvalue weighted by atomic mass is 10.1. The van der Waals surface area contributed by atoms with Crippen molar-refractivity contribution in [3.63, 3.8) is 0 Å². The summed E-state index contributed by atoms with van der Waals surface area (Å²) in [5.41, 5.74) is 2.79. The molecule has 10 nitrogen and oxygen atoms in total. The van der Waals surface area contributed by atoms with Crippen molar-refractivity contribution in [3.8, 4) is 23.2 Å². The van der Waals surface area contributed by atoms with Gasteiger partial charge in [0, 0.05) is 36.3 Å². The normalized spacial score (nSPS) is 12.8. The highest BCUT2D eigenvalue weighted by Crippen LogP contribution is 2.29. The average Bonchev–Trinajstić information content (AvgIpc) is 3.42. The molecule has 12 heteroatoms. The largest absolute Gasteiger partial charge is 0.473 e. The van der Waals surface area contributed by atoms with Gasteiger partial charge in [-0.2, -0.15) is 5.26 Å². The van der Waals surface area contributed by atoms with Crippen molar-refractivity contribution < 1.29 is 37.6 Å². The Morgan fingerprint density at radius 3 is 2.41 bits per heavy atom. The minimum absolute atomic E-state index is 0.0253. The molecule has 0 saturated heterocycles. The molecule has 0 radical (unpaired) electrons. The molecule has 2 heterocycles. The Labute approximate surface area is 282 Å². The van der Waals surface area contributed by atoms with Gasteiger partial charge in [-0.1, -0.05) is 30.3 Å². The summed E-state index contributed by atoms with van der Waals surface area (Å²) >= 11 is 0. The molecule has 2 aromatic heterocycles. The number of nitrogens with zero attached hydrogens (tertiary/aromatic N) is 4. The summed E-state index contributed by atoms with van der Waals surface area (Å²) < 4.78 is 53.5. The number of benzene rings is 3. The number of imidazole rings is 1. The number of pyridine rings is 1. The third-order valence-corrected chi connectivity index (χ3v) is 7.68. The third kappa shape index (κ3) is 8.45. The number of halogens is 2. The molecule has 0 saturated carbocycles. The fraction of sp³-hybridized carbons (Fsp3) is 0.297. The Kier molecular flexibility index (Phi) is 10.7. The Balaban J connectivity index is 1.41. The van der Waals surface area contributed by atoms with Crippen molar-refractivity contribution in [2.24, 2.45) is 0 Å². The highest BCUT2D eigenvalue weighted by atomic mass is 19.1. The summed E-state index contributed by atoms with van der Waals surface area (Å²) in [7, 11) is 2.66. The number of nitriles is 1. The van der Waals surface area contributed by atoms with E-state index in [9.17, 15) is 14.3 Å². The number of rotatable bonds is 12. The summed E-state index contributed by atoms with van der Waals surface area (Å²) in [6, 6.07) is 20.9. The molecule has 5 rings (SSSR count). The van der Waals surface area contributed by atoms with Gasteiger partial charge in [-0.05, 0) is 62.7 Å². The maximum atomic E-state index is 15.7. The fourth-order valence-electron chi connectivity index (χ4n) is 5.19. The summed E-state index contributed by atoms with van der Waals surface area (Å²) in [5, 5.41) is 19.7. The minimum atomic E-state index is -1.21. The number of hydrogen-bond donors (Lipinski definition) is 1. The molecule has 0 aliphatic heterocycles. The van der Waals surface area contributed by atoms with Crippen molar-refractivity contribution in [2.75, 3.05) is 14.2 Å². The molecule has 2 unspecified atom stereocenters. The van der Waals surface area contributed by atoms with E-state index in [1.807, 2.05) is 26.8 Å². The van der Waals surface area contributed by atoms with E-state index in [4.69, 9.17) is 29.2 Å². The van der Waals surface area contributed by atoms with Crippen molar-refractivity contribution >= 4 is 17.0 Å². The van der Waals surface area contributed by atoms with Gasteiger partial charge in [-0.3, -0.25) is 0 Å². The van der Waals surface area contributed by atoms with Gasteiger partial charge >= 0.3 is 5.97 Å². The topological polar surface area (TPSA) is 129 Å². The number of aliphatic hydroxyl groups excluding tert-OH is 1. The first-order chi connectivity index (χ1) is 23.4. The molecule has 0 fully saturated rings.